The molecule has 86 valence electrons. The maximum Gasteiger partial charge on any atom is 0.223 e. The first kappa shape index (κ1) is 11.0. The average Bonchev–Trinajstić information content (AvgIpc) is 2.23. The molecule has 0 unspecified atom stereocenters. The summed E-state index contributed by atoms with van der Waals surface area (Å²) in [4.78, 5) is 11.5. The predicted octanol–water partition coefficient (Wildman–Crippen LogP) is 1.98. The van der Waals surface area contributed by atoms with Crippen LogP contribution >= 0.6 is 0 Å². The van der Waals surface area contributed by atoms with E-state index in [0.29, 0.717) is 13.2 Å². The molecule has 1 saturated carbocycles. The number of amides is 1. The Morgan fingerprint density at radius 3 is 2.69 bits per heavy atom. The zero-order chi connectivity index (χ0) is 11.2. The Hall–Kier alpha value is -1.51. The van der Waals surface area contributed by atoms with E-state index in [-0.39, 0.29) is 11.8 Å². The smallest absolute Gasteiger partial charge is 0.223 e. The lowest BCUT2D eigenvalue weighted by molar-refractivity contribution is -0.127. The van der Waals surface area contributed by atoms with Crippen LogP contribution in [0.1, 0.15) is 19.3 Å². The maximum atomic E-state index is 11.5. The van der Waals surface area contributed by atoms with Gasteiger partial charge in [-0.25, -0.2) is 0 Å². The summed E-state index contributed by atoms with van der Waals surface area (Å²) in [7, 11) is 0. The molecule has 0 heterocycles. The highest BCUT2D eigenvalue weighted by Crippen LogP contribution is 2.25. The number of ether oxygens (including phenoxy) is 1. The lowest BCUT2D eigenvalue weighted by Gasteiger charge is -2.23. The monoisotopic (exact) mass is 219 g/mol. The van der Waals surface area contributed by atoms with Crippen LogP contribution in [0.25, 0.3) is 0 Å². The summed E-state index contributed by atoms with van der Waals surface area (Å²) in [6.07, 6.45) is 3.29. The molecule has 1 aliphatic rings. The van der Waals surface area contributed by atoms with E-state index in [1.54, 1.807) is 0 Å². The van der Waals surface area contributed by atoms with Gasteiger partial charge in [0.15, 0.2) is 0 Å². The molecule has 0 spiro atoms. The van der Waals surface area contributed by atoms with Crippen molar-refractivity contribution in [3.63, 3.8) is 0 Å². The summed E-state index contributed by atoms with van der Waals surface area (Å²) in [5, 5.41) is 2.89. The molecule has 0 bridgehead atoms. The first-order chi connectivity index (χ1) is 7.86. The Bertz CT molecular complexity index is 333. The van der Waals surface area contributed by atoms with Gasteiger partial charge in [0.05, 0.1) is 6.54 Å². The van der Waals surface area contributed by atoms with E-state index in [1.807, 2.05) is 30.3 Å². The van der Waals surface area contributed by atoms with E-state index in [0.717, 1.165) is 18.6 Å². The van der Waals surface area contributed by atoms with Crippen molar-refractivity contribution in [1.82, 2.24) is 5.32 Å². The fourth-order valence-corrected chi connectivity index (χ4v) is 1.67. The Morgan fingerprint density at radius 1 is 1.31 bits per heavy atom. The molecule has 1 fully saturated rings. The van der Waals surface area contributed by atoms with E-state index in [4.69, 9.17) is 4.74 Å². The Kier molecular flexibility index (Phi) is 3.81. The summed E-state index contributed by atoms with van der Waals surface area (Å²) in [5.41, 5.74) is 0. The molecule has 0 aromatic heterocycles. The standard InChI is InChI=1S/C13H17NO2/c15-13(11-5-4-6-11)14-9-10-16-12-7-2-1-3-8-12/h1-3,7-8,11H,4-6,9-10H2,(H,14,15). The molecule has 2 rings (SSSR count). The highest BCUT2D eigenvalue weighted by molar-refractivity contribution is 5.79. The summed E-state index contributed by atoms with van der Waals surface area (Å²) in [6, 6.07) is 9.64. The number of carbonyl (C=O) groups is 1. The molecule has 0 saturated heterocycles. The number of hydrogen-bond acceptors (Lipinski definition) is 2. The minimum Gasteiger partial charge on any atom is -0.492 e. The third kappa shape index (κ3) is 2.99. The van der Waals surface area contributed by atoms with Gasteiger partial charge in [0.2, 0.25) is 5.91 Å². The molecule has 1 aromatic rings. The van der Waals surface area contributed by atoms with Crippen LogP contribution in [0.5, 0.6) is 5.75 Å². The third-order valence-corrected chi connectivity index (χ3v) is 2.89. The lowest BCUT2D eigenvalue weighted by Crippen LogP contribution is -2.36. The van der Waals surface area contributed by atoms with Crippen molar-refractivity contribution in [3.05, 3.63) is 30.3 Å². The van der Waals surface area contributed by atoms with E-state index in [9.17, 15) is 4.79 Å². The number of para-hydroxylation sites is 1. The van der Waals surface area contributed by atoms with Crippen molar-refractivity contribution in [2.45, 2.75) is 19.3 Å². The van der Waals surface area contributed by atoms with E-state index < -0.39 is 0 Å². The normalized spacial score (nSPS) is 15.2. The van der Waals surface area contributed by atoms with Crippen LogP contribution in [0.3, 0.4) is 0 Å². The lowest BCUT2D eigenvalue weighted by atomic mass is 9.85. The van der Waals surface area contributed by atoms with Crippen LogP contribution in [-0.2, 0) is 4.79 Å². The number of carbonyl (C=O) groups excluding carboxylic acids is 1. The van der Waals surface area contributed by atoms with Crippen molar-refractivity contribution >= 4 is 5.91 Å². The van der Waals surface area contributed by atoms with Gasteiger partial charge in [-0.3, -0.25) is 4.79 Å². The third-order valence-electron chi connectivity index (χ3n) is 2.89. The number of benzene rings is 1. The Balaban J connectivity index is 1.60. The number of rotatable bonds is 5. The van der Waals surface area contributed by atoms with Gasteiger partial charge in [-0.2, -0.15) is 0 Å². The molecule has 0 aliphatic heterocycles. The van der Waals surface area contributed by atoms with Gasteiger partial charge < -0.3 is 10.1 Å². The van der Waals surface area contributed by atoms with Crippen molar-refractivity contribution < 1.29 is 9.53 Å². The Morgan fingerprint density at radius 2 is 2.06 bits per heavy atom. The van der Waals surface area contributed by atoms with Crippen LogP contribution in [0.15, 0.2) is 30.3 Å². The molecule has 3 heteroatoms. The second kappa shape index (κ2) is 5.54. The van der Waals surface area contributed by atoms with Gasteiger partial charge in [-0.15, -0.1) is 0 Å². The van der Waals surface area contributed by atoms with Gasteiger partial charge in [0.1, 0.15) is 12.4 Å². The van der Waals surface area contributed by atoms with Crippen LogP contribution in [0, 0.1) is 5.92 Å². The van der Waals surface area contributed by atoms with Gasteiger partial charge >= 0.3 is 0 Å². The average molecular weight is 219 g/mol. The van der Waals surface area contributed by atoms with E-state index >= 15 is 0 Å². The van der Waals surface area contributed by atoms with Crippen LogP contribution in [0.4, 0.5) is 0 Å². The van der Waals surface area contributed by atoms with Crippen molar-refractivity contribution in [1.29, 1.82) is 0 Å². The fraction of sp³-hybridized carbons (Fsp3) is 0.462. The van der Waals surface area contributed by atoms with Crippen molar-refractivity contribution in [3.8, 4) is 5.75 Å². The topological polar surface area (TPSA) is 38.3 Å². The molecule has 3 nitrogen and oxygen atoms in total. The minimum absolute atomic E-state index is 0.183. The molecule has 1 amide bonds. The predicted molar refractivity (Wildman–Crippen MR) is 62.3 cm³/mol. The van der Waals surface area contributed by atoms with Crippen LogP contribution in [-0.4, -0.2) is 19.1 Å². The molecule has 0 atom stereocenters. The molecule has 0 radical (unpaired) electrons. The van der Waals surface area contributed by atoms with Crippen molar-refractivity contribution in [2.75, 3.05) is 13.2 Å². The highest BCUT2D eigenvalue weighted by Gasteiger charge is 2.24. The number of hydrogen-bond donors (Lipinski definition) is 1. The zero-order valence-electron chi connectivity index (χ0n) is 9.32. The SMILES string of the molecule is O=C(NCCOc1ccccc1)C1CCC1. The molecular formula is C13H17NO2. The highest BCUT2D eigenvalue weighted by atomic mass is 16.5. The fourth-order valence-electron chi connectivity index (χ4n) is 1.67. The largest absolute Gasteiger partial charge is 0.492 e. The molecular weight excluding hydrogens is 202 g/mol. The number of nitrogens with one attached hydrogen (secondary N) is 1. The van der Waals surface area contributed by atoms with Gasteiger partial charge in [-0.05, 0) is 25.0 Å². The van der Waals surface area contributed by atoms with Crippen LogP contribution < -0.4 is 10.1 Å². The van der Waals surface area contributed by atoms with Gasteiger partial charge in [-0.1, -0.05) is 24.6 Å². The summed E-state index contributed by atoms with van der Waals surface area (Å²) < 4.78 is 5.47. The zero-order valence-corrected chi connectivity index (χ0v) is 9.32. The maximum absolute atomic E-state index is 11.5. The first-order valence-corrected chi connectivity index (χ1v) is 5.82. The second-order valence-electron chi connectivity index (χ2n) is 4.08. The summed E-state index contributed by atoms with van der Waals surface area (Å²) in [5.74, 6) is 1.29. The minimum atomic E-state index is 0.183. The molecule has 1 N–H and O–H groups in total. The second-order valence-corrected chi connectivity index (χ2v) is 4.08. The Labute approximate surface area is 95.8 Å². The van der Waals surface area contributed by atoms with Gasteiger partial charge in [0.25, 0.3) is 0 Å². The summed E-state index contributed by atoms with van der Waals surface area (Å²) >= 11 is 0. The van der Waals surface area contributed by atoms with E-state index in [1.165, 1.54) is 6.42 Å². The summed E-state index contributed by atoms with van der Waals surface area (Å²) in [6.45, 7) is 1.12. The van der Waals surface area contributed by atoms with E-state index in [2.05, 4.69) is 5.32 Å². The molecule has 1 aliphatic carbocycles. The molecule has 1 aromatic carbocycles. The first-order valence-electron chi connectivity index (χ1n) is 5.82. The van der Waals surface area contributed by atoms with Crippen molar-refractivity contribution in [2.24, 2.45) is 5.92 Å². The van der Waals surface area contributed by atoms with Gasteiger partial charge in [0, 0.05) is 5.92 Å². The molecule has 16 heavy (non-hydrogen) atoms. The van der Waals surface area contributed by atoms with Crippen LogP contribution in [0.2, 0.25) is 0 Å². The quantitative estimate of drug-likeness (QED) is 0.769.